The number of aromatic nitrogens is 1. The third-order valence-corrected chi connectivity index (χ3v) is 3.49. The Morgan fingerprint density at radius 3 is 2.35 bits per heavy atom. The lowest BCUT2D eigenvalue weighted by Crippen LogP contribution is -2.07. The third-order valence-electron chi connectivity index (χ3n) is 2.55. The van der Waals surface area contributed by atoms with Crippen molar-refractivity contribution in [2.75, 3.05) is 6.61 Å². The zero-order valence-electron chi connectivity index (χ0n) is 11.7. The molecule has 0 unspecified atom stereocenters. The van der Waals surface area contributed by atoms with Crippen LogP contribution in [0.4, 0.5) is 0 Å². The number of esters is 1. The summed E-state index contributed by atoms with van der Waals surface area (Å²) < 4.78 is 5.74. The summed E-state index contributed by atoms with van der Waals surface area (Å²) in [5, 5.41) is -1.58. The molecule has 0 aliphatic rings. The van der Waals surface area contributed by atoms with E-state index in [1.807, 2.05) is 6.07 Å². The van der Waals surface area contributed by atoms with E-state index < -0.39 is 16.5 Å². The minimum Gasteiger partial charge on any atom is -0.461 e. The smallest absolute Gasteiger partial charge is 0.355 e. The molecule has 1 N–H and O–H groups in total. The van der Waals surface area contributed by atoms with Gasteiger partial charge in [0.1, 0.15) is 5.69 Å². The molecule has 0 aliphatic carbocycles. The molecule has 0 amide bonds. The molecule has 0 atom stereocenters. The van der Waals surface area contributed by atoms with Crippen molar-refractivity contribution in [1.82, 2.24) is 4.98 Å². The quantitative estimate of drug-likeness (QED) is 0.352. The highest BCUT2D eigenvalue weighted by molar-refractivity contribution is 9.10. The molecule has 1 heterocycles. The normalized spacial score (nSPS) is 9.74. The highest BCUT2D eigenvalue weighted by atomic mass is 79.9. The predicted molar refractivity (Wildman–Crippen MR) is 89.1 cm³/mol. The molecule has 122 valence electrons. The molecule has 1 aromatic heterocycles. The first kappa shape index (κ1) is 19.3. The molecule has 23 heavy (non-hydrogen) atoms. The van der Waals surface area contributed by atoms with Gasteiger partial charge >= 0.3 is 16.5 Å². The number of aldehydes is 1. The zero-order valence-corrected chi connectivity index (χ0v) is 14.8. The average molecular weight is 423 g/mol. The second kappa shape index (κ2) is 8.81. The second-order valence-electron chi connectivity index (χ2n) is 3.99. The van der Waals surface area contributed by atoms with Gasteiger partial charge in [-0.25, -0.2) is 4.79 Å². The second-order valence-corrected chi connectivity index (χ2v) is 5.59. The van der Waals surface area contributed by atoms with Gasteiger partial charge in [0.15, 0.2) is 6.29 Å². The van der Waals surface area contributed by atoms with Crippen molar-refractivity contribution in [3.05, 3.63) is 33.9 Å². The first-order chi connectivity index (χ1) is 10.8. The van der Waals surface area contributed by atoms with Crippen LogP contribution < -0.4 is 0 Å². The molecular formula is C14H10BrCl2NO5. The molecular weight excluding hydrogens is 413 g/mol. The number of H-pyrrole nitrogens is 1. The maximum absolute atomic E-state index is 11.7. The van der Waals surface area contributed by atoms with Crippen LogP contribution in [0.2, 0.25) is 0 Å². The van der Waals surface area contributed by atoms with Crippen molar-refractivity contribution in [3.8, 4) is 0 Å². The number of carbonyl (C=O) groups excluding carboxylic acids is 4. The summed E-state index contributed by atoms with van der Waals surface area (Å²) in [7, 11) is 0. The summed E-state index contributed by atoms with van der Waals surface area (Å²) in [6, 6.07) is 5.43. The molecule has 2 aromatic rings. The average Bonchev–Trinajstić information content (AvgIpc) is 2.85. The Kier molecular flexibility index (Phi) is 7.41. The van der Waals surface area contributed by atoms with Crippen molar-refractivity contribution < 1.29 is 23.9 Å². The van der Waals surface area contributed by atoms with Gasteiger partial charge in [-0.1, -0.05) is 15.9 Å². The summed E-state index contributed by atoms with van der Waals surface area (Å²) in [5.74, 6) is -0.512. The van der Waals surface area contributed by atoms with Crippen molar-refractivity contribution in [3.63, 3.8) is 0 Å². The van der Waals surface area contributed by atoms with E-state index in [0.29, 0.717) is 17.2 Å². The standard InChI is InChI=1S/C12H10BrNO3.C2Cl2O2/c1-2-17-12(16)11-9(6-15)8-5-7(13)3-4-10(8)14-11;3-1(5)2(4)6/h3-6,14H,2H2,1H3;. The van der Waals surface area contributed by atoms with Crippen LogP contribution in [0.15, 0.2) is 22.7 Å². The summed E-state index contributed by atoms with van der Waals surface area (Å²) in [6.07, 6.45) is 0.664. The van der Waals surface area contributed by atoms with Crippen LogP contribution in [0.5, 0.6) is 0 Å². The number of hydrogen-bond acceptors (Lipinski definition) is 5. The van der Waals surface area contributed by atoms with E-state index in [9.17, 15) is 19.2 Å². The molecule has 0 radical (unpaired) electrons. The van der Waals surface area contributed by atoms with Gasteiger partial charge in [0.25, 0.3) is 0 Å². The third kappa shape index (κ3) is 5.16. The topological polar surface area (TPSA) is 93.3 Å². The fourth-order valence-corrected chi connectivity index (χ4v) is 2.03. The molecule has 1 aromatic carbocycles. The van der Waals surface area contributed by atoms with E-state index >= 15 is 0 Å². The fraction of sp³-hybridized carbons (Fsp3) is 0.143. The highest BCUT2D eigenvalue weighted by Crippen LogP contribution is 2.25. The van der Waals surface area contributed by atoms with Crippen molar-refractivity contribution in [1.29, 1.82) is 0 Å². The molecule has 0 aliphatic heterocycles. The molecule has 9 heteroatoms. The van der Waals surface area contributed by atoms with Crippen LogP contribution >= 0.6 is 39.1 Å². The number of carbonyl (C=O) groups is 4. The van der Waals surface area contributed by atoms with Gasteiger partial charge < -0.3 is 9.72 Å². The Morgan fingerprint density at radius 2 is 1.87 bits per heavy atom. The lowest BCUT2D eigenvalue weighted by molar-refractivity contribution is -0.127. The van der Waals surface area contributed by atoms with Crippen molar-refractivity contribution in [2.45, 2.75) is 6.92 Å². The lowest BCUT2D eigenvalue weighted by Gasteiger charge is -1.99. The number of rotatable bonds is 4. The Hall–Kier alpha value is -1.70. The summed E-state index contributed by atoms with van der Waals surface area (Å²) in [5.41, 5.74) is 1.27. The molecule has 0 fully saturated rings. The van der Waals surface area contributed by atoms with Crippen LogP contribution in [0.3, 0.4) is 0 Å². The number of benzene rings is 1. The predicted octanol–water partition coefficient (Wildman–Crippen LogP) is 3.44. The number of aromatic amines is 1. The summed E-state index contributed by atoms with van der Waals surface area (Å²) >= 11 is 12.3. The molecule has 6 nitrogen and oxygen atoms in total. The van der Waals surface area contributed by atoms with Gasteiger partial charge in [0.05, 0.1) is 12.2 Å². The van der Waals surface area contributed by atoms with Crippen LogP contribution in [-0.4, -0.2) is 34.3 Å². The highest BCUT2D eigenvalue weighted by Gasteiger charge is 2.18. The fourth-order valence-electron chi connectivity index (χ4n) is 1.67. The molecule has 0 saturated carbocycles. The SMILES string of the molecule is CCOC(=O)c1[nH]c2ccc(Br)cc2c1C=O.O=C(Cl)C(=O)Cl. The van der Waals surface area contributed by atoms with Gasteiger partial charge in [-0.3, -0.25) is 14.4 Å². The minimum absolute atomic E-state index is 0.204. The van der Waals surface area contributed by atoms with Crippen molar-refractivity contribution in [2.24, 2.45) is 0 Å². The van der Waals surface area contributed by atoms with E-state index in [4.69, 9.17) is 4.74 Å². The van der Waals surface area contributed by atoms with Gasteiger partial charge in [-0.05, 0) is 48.3 Å². The number of halogens is 3. The summed E-state index contributed by atoms with van der Waals surface area (Å²) in [4.78, 5) is 44.5. The summed E-state index contributed by atoms with van der Waals surface area (Å²) in [6.45, 7) is 1.99. The van der Waals surface area contributed by atoms with Crippen molar-refractivity contribution >= 4 is 72.8 Å². The Morgan fingerprint density at radius 1 is 1.26 bits per heavy atom. The number of ether oxygens (including phenoxy) is 1. The minimum atomic E-state index is -1.14. The van der Waals surface area contributed by atoms with E-state index in [1.165, 1.54) is 0 Å². The number of fused-ring (bicyclic) bond motifs is 1. The van der Waals surface area contributed by atoms with Crippen LogP contribution in [0.1, 0.15) is 27.8 Å². The molecule has 2 rings (SSSR count). The molecule has 0 spiro atoms. The van der Waals surface area contributed by atoms with Crippen LogP contribution in [0.25, 0.3) is 10.9 Å². The lowest BCUT2D eigenvalue weighted by atomic mass is 10.1. The van der Waals surface area contributed by atoms with E-state index in [2.05, 4.69) is 44.1 Å². The van der Waals surface area contributed by atoms with E-state index in [-0.39, 0.29) is 12.3 Å². The maximum Gasteiger partial charge on any atom is 0.355 e. The van der Waals surface area contributed by atoms with E-state index in [0.717, 1.165) is 9.99 Å². The number of hydrogen-bond donors (Lipinski definition) is 1. The Bertz CT molecular complexity index is 760. The van der Waals surface area contributed by atoms with Gasteiger partial charge in [-0.2, -0.15) is 0 Å². The molecule has 0 bridgehead atoms. The first-order valence-electron chi connectivity index (χ1n) is 6.14. The van der Waals surface area contributed by atoms with Crippen LogP contribution in [-0.2, 0) is 14.3 Å². The number of nitrogens with one attached hydrogen (secondary N) is 1. The molecule has 0 saturated heterocycles. The van der Waals surface area contributed by atoms with E-state index in [1.54, 1.807) is 19.1 Å². The zero-order chi connectivity index (χ0) is 17.6. The Balaban J connectivity index is 0.000000379. The Labute approximate surface area is 149 Å². The van der Waals surface area contributed by atoms with Gasteiger partial charge in [-0.15, -0.1) is 0 Å². The monoisotopic (exact) mass is 421 g/mol. The van der Waals surface area contributed by atoms with Crippen LogP contribution in [0, 0.1) is 0 Å². The van der Waals surface area contributed by atoms with Gasteiger partial charge in [0, 0.05) is 15.4 Å². The largest absolute Gasteiger partial charge is 0.461 e. The first-order valence-corrected chi connectivity index (χ1v) is 7.69. The van der Waals surface area contributed by atoms with Gasteiger partial charge in [0.2, 0.25) is 0 Å². The maximum atomic E-state index is 11.7.